The van der Waals surface area contributed by atoms with Crippen molar-refractivity contribution in [3.05, 3.63) is 29.1 Å². The van der Waals surface area contributed by atoms with Gasteiger partial charge in [0.25, 0.3) is 0 Å². The number of carbonyl (C=O) groups excluding carboxylic acids is 1. The molecule has 27 heavy (non-hydrogen) atoms. The zero-order valence-corrected chi connectivity index (χ0v) is 18.0. The second kappa shape index (κ2) is 10.1. The number of hydrogen-bond donors (Lipinski definition) is 0. The molecule has 0 radical (unpaired) electrons. The van der Waals surface area contributed by atoms with Crippen LogP contribution in [0.5, 0.6) is 0 Å². The first kappa shape index (κ1) is 21.7. The number of hydrogen-bond acceptors (Lipinski definition) is 3. The van der Waals surface area contributed by atoms with Gasteiger partial charge in [0.15, 0.2) is 0 Å². The zero-order chi connectivity index (χ0) is 19.9. The largest absolute Gasteiger partial charge is 0.444 e. The molecule has 1 aliphatic rings. The van der Waals surface area contributed by atoms with Crippen molar-refractivity contribution in [3.63, 3.8) is 0 Å². The molecule has 0 aliphatic carbocycles. The third kappa shape index (κ3) is 6.82. The molecule has 0 atom stereocenters. The smallest absolute Gasteiger partial charge is 0.410 e. The second-order valence-electron chi connectivity index (χ2n) is 8.79. The fourth-order valence-corrected chi connectivity index (χ4v) is 3.68. The summed E-state index contributed by atoms with van der Waals surface area (Å²) in [5.74, 6) is 0.570. The number of pyridine rings is 1. The van der Waals surface area contributed by atoms with Crippen LogP contribution in [0.15, 0.2) is 12.1 Å². The van der Waals surface area contributed by atoms with Crippen molar-refractivity contribution in [2.45, 2.75) is 97.5 Å². The molecule has 2 heterocycles. The van der Waals surface area contributed by atoms with Crippen LogP contribution in [0.1, 0.15) is 96.0 Å². The van der Waals surface area contributed by atoms with Gasteiger partial charge in [-0.3, -0.25) is 4.98 Å². The van der Waals surface area contributed by atoms with Crippen LogP contribution in [0.25, 0.3) is 0 Å². The highest BCUT2D eigenvalue weighted by molar-refractivity contribution is 5.68. The average molecular weight is 375 g/mol. The molecule has 4 heteroatoms. The summed E-state index contributed by atoms with van der Waals surface area (Å²) in [5, 5.41) is 0. The zero-order valence-electron chi connectivity index (χ0n) is 18.0. The van der Waals surface area contributed by atoms with Gasteiger partial charge < -0.3 is 9.64 Å². The van der Waals surface area contributed by atoms with Gasteiger partial charge in [-0.15, -0.1) is 0 Å². The molecule has 0 fully saturated rings. The summed E-state index contributed by atoms with van der Waals surface area (Å²) < 4.78 is 5.55. The maximum Gasteiger partial charge on any atom is 0.410 e. The molecule has 0 saturated heterocycles. The number of unbranched alkanes of at least 4 members (excludes halogenated alkanes) is 2. The Morgan fingerprint density at radius 2 is 1.74 bits per heavy atom. The van der Waals surface area contributed by atoms with Gasteiger partial charge in [-0.05, 0) is 51.7 Å². The maximum atomic E-state index is 12.4. The van der Waals surface area contributed by atoms with Crippen LogP contribution < -0.4 is 0 Å². The van der Waals surface area contributed by atoms with E-state index < -0.39 is 5.60 Å². The second-order valence-corrected chi connectivity index (χ2v) is 8.79. The van der Waals surface area contributed by atoms with Crippen LogP contribution in [-0.2, 0) is 17.6 Å². The van der Waals surface area contributed by atoms with E-state index in [0.29, 0.717) is 19.0 Å². The standard InChI is InChI=1S/C23H38N2O2/c1-6-8-10-18(11-9-7-2)20-13-12-19-14-16-25(17-15-21(19)24-20)22(26)27-23(3,4)5/h12-13,18H,6-11,14-17H2,1-5H3. The lowest BCUT2D eigenvalue weighted by atomic mass is 9.91. The molecule has 1 aromatic rings. The molecule has 2 rings (SSSR count). The number of aromatic nitrogens is 1. The highest BCUT2D eigenvalue weighted by Crippen LogP contribution is 2.28. The fraction of sp³-hybridized carbons (Fsp3) is 0.739. The highest BCUT2D eigenvalue weighted by Gasteiger charge is 2.25. The topological polar surface area (TPSA) is 42.4 Å². The quantitative estimate of drug-likeness (QED) is 0.598. The maximum absolute atomic E-state index is 12.4. The van der Waals surface area contributed by atoms with E-state index in [2.05, 4.69) is 26.0 Å². The Labute approximate surface area is 165 Å². The molecular weight excluding hydrogens is 336 g/mol. The Bertz CT molecular complexity index is 599. The summed E-state index contributed by atoms with van der Waals surface area (Å²) in [6, 6.07) is 4.49. The third-order valence-corrected chi connectivity index (χ3v) is 5.24. The summed E-state index contributed by atoms with van der Waals surface area (Å²) in [6.07, 6.45) is 8.92. The van der Waals surface area contributed by atoms with E-state index in [-0.39, 0.29) is 6.09 Å². The molecule has 1 aromatic heterocycles. The van der Waals surface area contributed by atoms with E-state index >= 15 is 0 Å². The normalized spacial score (nSPS) is 14.8. The lowest BCUT2D eigenvalue weighted by Gasteiger charge is -2.26. The Morgan fingerprint density at radius 3 is 2.33 bits per heavy atom. The number of ether oxygens (including phenoxy) is 1. The van der Waals surface area contributed by atoms with Crippen molar-refractivity contribution >= 4 is 6.09 Å². The predicted octanol–water partition coefficient (Wildman–Crippen LogP) is 5.88. The van der Waals surface area contributed by atoms with Crippen LogP contribution in [0.3, 0.4) is 0 Å². The minimum absolute atomic E-state index is 0.209. The molecular formula is C23H38N2O2. The van der Waals surface area contributed by atoms with E-state index in [4.69, 9.17) is 9.72 Å². The molecule has 0 aromatic carbocycles. The van der Waals surface area contributed by atoms with Gasteiger partial charge in [0.2, 0.25) is 0 Å². The van der Waals surface area contributed by atoms with Crippen molar-refractivity contribution < 1.29 is 9.53 Å². The Kier molecular flexibility index (Phi) is 8.12. The van der Waals surface area contributed by atoms with Crippen LogP contribution in [0.2, 0.25) is 0 Å². The van der Waals surface area contributed by atoms with E-state index in [1.165, 1.54) is 55.5 Å². The van der Waals surface area contributed by atoms with Crippen molar-refractivity contribution in [1.29, 1.82) is 0 Å². The molecule has 4 nitrogen and oxygen atoms in total. The molecule has 0 unspecified atom stereocenters. The summed E-state index contributed by atoms with van der Waals surface area (Å²) in [4.78, 5) is 19.3. The van der Waals surface area contributed by atoms with Crippen molar-refractivity contribution in [3.8, 4) is 0 Å². The van der Waals surface area contributed by atoms with Crippen LogP contribution in [0.4, 0.5) is 4.79 Å². The summed E-state index contributed by atoms with van der Waals surface area (Å²) in [7, 11) is 0. The minimum Gasteiger partial charge on any atom is -0.444 e. The molecule has 1 aliphatic heterocycles. The third-order valence-electron chi connectivity index (χ3n) is 5.24. The first-order valence-corrected chi connectivity index (χ1v) is 10.8. The first-order valence-electron chi connectivity index (χ1n) is 10.8. The molecule has 152 valence electrons. The Balaban J connectivity index is 2.08. The van der Waals surface area contributed by atoms with Crippen LogP contribution in [0, 0.1) is 0 Å². The van der Waals surface area contributed by atoms with Crippen LogP contribution >= 0.6 is 0 Å². The highest BCUT2D eigenvalue weighted by atomic mass is 16.6. The van der Waals surface area contributed by atoms with E-state index in [1.807, 2.05) is 25.7 Å². The van der Waals surface area contributed by atoms with E-state index in [1.54, 1.807) is 0 Å². The number of fused-ring (bicyclic) bond motifs is 1. The SMILES string of the molecule is CCCCC(CCCC)c1ccc2c(n1)CCN(C(=O)OC(C)(C)C)CC2. The number of carbonyl (C=O) groups is 1. The lowest BCUT2D eigenvalue weighted by Crippen LogP contribution is -2.38. The van der Waals surface area contributed by atoms with E-state index in [9.17, 15) is 4.79 Å². The number of nitrogens with zero attached hydrogens (tertiary/aromatic N) is 2. The van der Waals surface area contributed by atoms with Crippen molar-refractivity contribution in [1.82, 2.24) is 9.88 Å². The lowest BCUT2D eigenvalue weighted by molar-refractivity contribution is 0.0258. The van der Waals surface area contributed by atoms with Gasteiger partial charge in [0.05, 0.1) is 0 Å². The first-order chi connectivity index (χ1) is 12.8. The van der Waals surface area contributed by atoms with Gasteiger partial charge in [-0.1, -0.05) is 45.6 Å². The van der Waals surface area contributed by atoms with Gasteiger partial charge in [0.1, 0.15) is 5.60 Å². The fourth-order valence-electron chi connectivity index (χ4n) is 3.68. The van der Waals surface area contributed by atoms with Gasteiger partial charge in [0, 0.05) is 36.8 Å². The van der Waals surface area contributed by atoms with Gasteiger partial charge in [-0.25, -0.2) is 4.79 Å². The minimum atomic E-state index is -0.451. The summed E-state index contributed by atoms with van der Waals surface area (Å²) in [6.45, 7) is 11.7. The predicted molar refractivity (Wildman–Crippen MR) is 111 cm³/mol. The Hall–Kier alpha value is -1.58. The summed E-state index contributed by atoms with van der Waals surface area (Å²) in [5.41, 5.74) is 3.26. The van der Waals surface area contributed by atoms with E-state index in [0.717, 1.165) is 12.8 Å². The Morgan fingerprint density at radius 1 is 1.11 bits per heavy atom. The van der Waals surface area contributed by atoms with Crippen molar-refractivity contribution in [2.75, 3.05) is 13.1 Å². The van der Waals surface area contributed by atoms with Crippen LogP contribution in [-0.4, -0.2) is 34.7 Å². The molecule has 0 bridgehead atoms. The number of rotatable bonds is 7. The van der Waals surface area contributed by atoms with Gasteiger partial charge in [-0.2, -0.15) is 0 Å². The molecule has 0 spiro atoms. The van der Waals surface area contributed by atoms with Crippen molar-refractivity contribution in [2.24, 2.45) is 0 Å². The molecule has 0 N–H and O–H groups in total. The number of amides is 1. The summed E-state index contributed by atoms with van der Waals surface area (Å²) >= 11 is 0. The monoisotopic (exact) mass is 374 g/mol. The van der Waals surface area contributed by atoms with Gasteiger partial charge >= 0.3 is 6.09 Å². The molecule has 1 amide bonds. The molecule has 0 saturated carbocycles. The average Bonchev–Trinajstić information content (AvgIpc) is 2.82.